The lowest BCUT2D eigenvalue weighted by Gasteiger charge is -2.12. The zero-order valence-electron chi connectivity index (χ0n) is 30.4. The molecule has 6 nitrogen and oxygen atoms in total. The number of nitrogens with zero attached hydrogens (tertiary/aromatic N) is 4. The van der Waals surface area contributed by atoms with Crippen LogP contribution in [-0.2, 0) is 0 Å². The summed E-state index contributed by atoms with van der Waals surface area (Å²) in [5.74, 6) is 1.67. The molecule has 8 aromatic carbocycles. The quantitative estimate of drug-likeness (QED) is 0.176. The predicted molar refractivity (Wildman–Crippen MR) is 230 cm³/mol. The first-order chi connectivity index (χ1) is 28.3. The first-order valence-corrected chi connectivity index (χ1v) is 19.0. The Hall–Kier alpha value is -7.83. The van der Waals surface area contributed by atoms with Gasteiger partial charge in [-0.3, -0.25) is 0 Å². The van der Waals surface area contributed by atoms with Crippen molar-refractivity contribution in [2.24, 2.45) is 0 Å². The van der Waals surface area contributed by atoms with Gasteiger partial charge in [0, 0.05) is 54.7 Å². The Bertz CT molecular complexity index is 3530. The molecule has 0 N–H and O–H groups in total. The van der Waals surface area contributed by atoms with Crippen LogP contribution in [0.2, 0.25) is 0 Å². The third-order valence-corrected chi connectivity index (χ3v) is 11.1. The van der Waals surface area contributed by atoms with Crippen LogP contribution in [0, 0.1) is 0 Å². The summed E-state index contributed by atoms with van der Waals surface area (Å²) >= 11 is 0. The number of hydrogen-bond donors (Lipinski definition) is 0. The normalized spacial score (nSPS) is 11.9. The maximum absolute atomic E-state index is 6.56. The minimum absolute atomic E-state index is 0.536. The molecular formula is C51H30N4O2. The van der Waals surface area contributed by atoms with Crippen LogP contribution in [0.15, 0.2) is 191 Å². The monoisotopic (exact) mass is 730 g/mol. The number of aromatic nitrogens is 4. The van der Waals surface area contributed by atoms with Gasteiger partial charge < -0.3 is 13.4 Å². The van der Waals surface area contributed by atoms with Gasteiger partial charge in [-0.2, -0.15) is 0 Å². The second-order valence-corrected chi connectivity index (χ2v) is 14.3. The molecule has 0 aliphatic heterocycles. The van der Waals surface area contributed by atoms with Crippen molar-refractivity contribution in [3.05, 3.63) is 182 Å². The molecule has 4 aromatic heterocycles. The predicted octanol–water partition coefficient (Wildman–Crippen LogP) is 13.4. The van der Waals surface area contributed by atoms with Crippen LogP contribution in [0.3, 0.4) is 0 Å². The SMILES string of the molecule is c1ccc(-c2nc(-c3cccc4c3oc3ccccc34)nc(-c3cccc4oc5ccc(-c6cccc7c8ccccc8n(-c8ccccc8)c67)cc5c34)n2)cc1. The van der Waals surface area contributed by atoms with Gasteiger partial charge in [0.2, 0.25) is 0 Å². The summed E-state index contributed by atoms with van der Waals surface area (Å²) in [6.07, 6.45) is 0. The van der Waals surface area contributed by atoms with Gasteiger partial charge in [-0.1, -0.05) is 133 Å². The van der Waals surface area contributed by atoms with Crippen molar-refractivity contribution >= 4 is 65.7 Å². The first-order valence-electron chi connectivity index (χ1n) is 19.0. The van der Waals surface area contributed by atoms with Crippen molar-refractivity contribution < 1.29 is 8.83 Å². The molecule has 6 heteroatoms. The maximum Gasteiger partial charge on any atom is 0.167 e. The van der Waals surface area contributed by atoms with Gasteiger partial charge >= 0.3 is 0 Å². The average molecular weight is 731 g/mol. The van der Waals surface area contributed by atoms with E-state index in [2.05, 4.69) is 114 Å². The van der Waals surface area contributed by atoms with Gasteiger partial charge in [-0.15, -0.1) is 0 Å². The van der Waals surface area contributed by atoms with Crippen molar-refractivity contribution in [3.8, 4) is 51.0 Å². The average Bonchev–Trinajstić information content (AvgIpc) is 3.96. The molecule has 266 valence electrons. The highest BCUT2D eigenvalue weighted by Crippen LogP contribution is 2.42. The molecule has 0 bridgehead atoms. The Balaban J connectivity index is 1.10. The highest BCUT2D eigenvalue weighted by Gasteiger charge is 2.22. The van der Waals surface area contributed by atoms with Crippen LogP contribution in [-0.4, -0.2) is 19.5 Å². The molecule has 0 aliphatic carbocycles. The van der Waals surface area contributed by atoms with Crippen molar-refractivity contribution in [1.29, 1.82) is 0 Å². The van der Waals surface area contributed by atoms with Gasteiger partial charge in [-0.25, -0.2) is 15.0 Å². The molecule has 0 radical (unpaired) electrons. The van der Waals surface area contributed by atoms with E-state index in [0.717, 1.165) is 82.9 Å². The van der Waals surface area contributed by atoms with Crippen LogP contribution in [0.1, 0.15) is 0 Å². The van der Waals surface area contributed by atoms with Crippen molar-refractivity contribution in [2.45, 2.75) is 0 Å². The number of benzene rings is 8. The highest BCUT2D eigenvalue weighted by molar-refractivity contribution is 6.16. The standard InChI is InChI=1S/C51H30N4O2/c1-3-14-31(15-4-1)49-52-50(54-51(53-49)40-24-12-22-38-36-19-8-10-26-43(36)57-48(38)40)39-23-13-27-45-46(39)41-30-32(28-29-44(41)56-45)34-20-11-21-37-35-18-7-9-25-42(35)55(47(34)37)33-16-5-2-6-17-33/h1-30H. The molecule has 57 heavy (non-hydrogen) atoms. The van der Waals surface area contributed by atoms with Gasteiger partial charge in [0.25, 0.3) is 0 Å². The van der Waals surface area contributed by atoms with Gasteiger partial charge in [-0.05, 0) is 54.1 Å². The molecule has 0 saturated carbocycles. The largest absolute Gasteiger partial charge is 0.456 e. The summed E-state index contributed by atoms with van der Waals surface area (Å²) in [6, 6.07) is 62.7. The fourth-order valence-electron chi connectivity index (χ4n) is 8.53. The maximum atomic E-state index is 6.56. The third kappa shape index (κ3) is 4.87. The molecule has 0 amide bonds. The third-order valence-electron chi connectivity index (χ3n) is 11.1. The molecule has 0 spiro atoms. The minimum Gasteiger partial charge on any atom is -0.456 e. The van der Waals surface area contributed by atoms with E-state index < -0.39 is 0 Å². The van der Waals surface area contributed by atoms with Gasteiger partial charge in [0.15, 0.2) is 17.5 Å². The van der Waals surface area contributed by atoms with Crippen LogP contribution < -0.4 is 0 Å². The van der Waals surface area contributed by atoms with E-state index >= 15 is 0 Å². The topological polar surface area (TPSA) is 69.9 Å². The smallest absolute Gasteiger partial charge is 0.167 e. The van der Waals surface area contributed by atoms with Crippen molar-refractivity contribution in [3.63, 3.8) is 0 Å². The van der Waals surface area contributed by atoms with Crippen LogP contribution >= 0.6 is 0 Å². The van der Waals surface area contributed by atoms with E-state index in [1.54, 1.807) is 0 Å². The second kappa shape index (κ2) is 12.3. The van der Waals surface area contributed by atoms with Crippen LogP contribution in [0.5, 0.6) is 0 Å². The van der Waals surface area contributed by atoms with Crippen molar-refractivity contribution in [2.75, 3.05) is 0 Å². The van der Waals surface area contributed by atoms with E-state index in [9.17, 15) is 0 Å². The van der Waals surface area contributed by atoms with Crippen molar-refractivity contribution in [1.82, 2.24) is 19.5 Å². The van der Waals surface area contributed by atoms with Gasteiger partial charge in [0.1, 0.15) is 22.3 Å². The molecule has 12 aromatic rings. The fourth-order valence-corrected chi connectivity index (χ4v) is 8.53. The second-order valence-electron chi connectivity index (χ2n) is 14.3. The molecule has 0 unspecified atom stereocenters. The minimum atomic E-state index is 0.536. The molecule has 0 aliphatic rings. The number of rotatable bonds is 5. The Morgan fingerprint density at radius 3 is 1.84 bits per heavy atom. The summed E-state index contributed by atoms with van der Waals surface area (Å²) in [7, 11) is 0. The summed E-state index contributed by atoms with van der Waals surface area (Å²) in [4.78, 5) is 15.4. The van der Waals surface area contributed by atoms with E-state index in [0.29, 0.717) is 17.5 Å². The lowest BCUT2D eigenvalue weighted by Crippen LogP contribution is -2.00. The summed E-state index contributed by atoms with van der Waals surface area (Å²) in [5.41, 5.74) is 11.3. The highest BCUT2D eigenvalue weighted by atomic mass is 16.3. The number of para-hydroxylation sites is 5. The molecule has 0 fully saturated rings. The lowest BCUT2D eigenvalue weighted by molar-refractivity contribution is 0.668. The molecule has 0 atom stereocenters. The number of furan rings is 2. The van der Waals surface area contributed by atoms with Crippen LogP contribution in [0.25, 0.3) is 117 Å². The zero-order valence-corrected chi connectivity index (χ0v) is 30.4. The fraction of sp³-hybridized carbons (Fsp3) is 0. The summed E-state index contributed by atoms with van der Waals surface area (Å²) in [6.45, 7) is 0. The molecular weight excluding hydrogens is 701 g/mol. The molecule has 12 rings (SSSR count). The summed E-state index contributed by atoms with van der Waals surface area (Å²) in [5, 5.41) is 6.42. The van der Waals surface area contributed by atoms with Gasteiger partial charge in [0.05, 0.1) is 16.6 Å². The van der Waals surface area contributed by atoms with E-state index in [4.69, 9.17) is 23.8 Å². The Morgan fingerprint density at radius 1 is 0.368 bits per heavy atom. The zero-order chi connectivity index (χ0) is 37.5. The molecule has 0 saturated heterocycles. The number of fused-ring (bicyclic) bond motifs is 9. The van der Waals surface area contributed by atoms with E-state index in [1.165, 1.54) is 16.3 Å². The van der Waals surface area contributed by atoms with E-state index in [1.807, 2.05) is 72.8 Å². The Labute approximate surface area is 325 Å². The lowest BCUT2D eigenvalue weighted by atomic mass is 9.98. The van der Waals surface area contributed by atoms with Crippen LogP contribution in [0.4, 0.5) is 0 Å². The van der Waals surface area contributed by atoms with E-state index in [-0.39, 0.29) is 0 Å². The Morgan fingerprint density at radius 2 is 0.982 bits per heavy atom. The summed E-state index contributed by atoms with van der Waals surface area (Å²) < 4.78 is 15.4. The Kier molecular flexibility index (Phi) is 6.83. The molecule has 4 heterocycles. The number of hydrogen-bond acceptors (Lipinski definition) is 5. The first kappa shape index (κ1) is 31.5.